The maximum atomic E-state index is 10.8. The zero-order chi connectivity index (χ0) is 8.69. The molecule has 11 heavy (non-hydrogen) atoms. The Kier molecular flexibility index (Phi) is 5.35. The number of allylic oxidation sites excluding steroid dienone is 2. The van der Waals surface area contributed by atoms with Crippen molar-refractivity contribution in [2.45, 2.75) is 33.1 Å². The lowest BCUT2D eigenvalue weighted by molar-refractivity contribution is -0.115. The molecule has 2 nitrogen and oxygen atoms in total. The Bertz CT molecular complexity index is 170. The number of nitrogens with one attached hydrogen (secondary N) is 1. The highest BCUT2D eigenvalue weighted by Crippen LogP contribution is 2.11. The fourth-order valence-electron chi connectivity index (χ4n) is 0.918. The monoisotopic (exact) mass is 153 g/mol. The van der Waals surface area contributed by atoms with Crippen LogP contribution in [0.5, 0.6) is 0 Å². The van der Waals surface area contributed by atoms with E-state index in [9.17, 15) is 4.79 Å². The molecule has 0 bridgehead atoms. The largest absolute Gasteiger partial charge is 0.308 e. The van der Waals surface area contributed by atoms with Gasteiger partial charge in [0.1, 0.15) is 0 Å². The van der Waals surface area contributed by atoms with Gasteiger partial charge in [-0.3, -0.25) is 4.79 Å². The van der Waals surface area contributed by atoms with E-state index in [-0.39, 0.29) is 5.78 Å². The summed E-state index contributed by atoms with van der Waals surface area (Å²) in [5, 5.41) is 6.81. The maximum Gasteiger partial charge on any atom is 0.164 e. The van der Waals surface area contributed by atoms with Crippen LogP contribution >= 0.6 is 0 Å². The Balaban J connectivity index is 0.000000461. The molecular weight excluding hydrogens is 138 g/mol. The summed E-state index contributed by atoms with van der Waals surface area (Å²) in [4.78, 5) is 10.8. The van der Waals surface area contributed by atoms with Crippen LogP contribution in [-0.2, 0) is 4.79 Å². The quantitative estimate of drug-likeness (QED) is 0.577. The Morgan fingerprint density at radius 2 is 2.18 bits per heavy atom. The van der Waals surface area contributed by atoms with Crippen molar-refractivity contribution < 1.29 is 4.79 Å². The normalized spacial score (nSPS) is 16.2. The van der Waals surface area contributed by atoms with Gasteiger partial charge < -0.3 is 5.41 Å². The molecule has 0 aliphatic heterocycles. The summed E-state index contributed by atoms with van der Waals surface area (Å²) in [5.41, 5.74) is 0.584. The Labute approximate surface area is 67.8 Å². The van der Waals surface area contributed by atoms with Crippen LogP contribution < -0.4 is 0 Å². The molecule has 0 aromatic carbocycles. The van der Waals surface area contributed by atoms with Crippen molar-refractivity contribution in [1.29, 1.82) is 5.41 Å². The average Bonchev–Trinajstić information content (AvgIpc) is 2.09. The van der Waals surface area contributed by atoms with Crippen LogP contribution in [0.4, 0.5) is 0 Å². The van der Waals surface area contributed by atoms with Crippen LogP contribution in [0, 0.1) is 5.41 Å². The molecule has 1 aliphatic rings. The van der Waals surface area contributed by atoms with Crippen molar-refractivity contribution >= 4 is 12.0 Å². The average molecular weight is 153 g/mol. The van der Waals surface area contributed by atoms with Crippen LogP contribution in [0.25, 0.3) is 0 Å². The van der Waals surface area contributed by atoms with Gasteiger partial charge in [0.15, 0.2) is 5.78 Å². The summed E-state index contributed by atoms with van der Waals surface area (Å²) < 4.78 is 0. The third-order valence-electron chi connectivity index (χ3n) is 1.45. The summed E-state index contributed by atoms with van der Waals surface area (Å²) in [6.45, 7) is 4.00. The number of carbonyl (C=O) groups excluding carboxylic acids is 1. The molecule has 0 fully saturated rings. The lowest BCUT2D eigenvalue weighted by Crippen LogP contribution is -2.06. The van der Waals surface area contributed by atoms with Gasteiger partial charge in [-0.2, -0.15) is 0 Å². The number of Topliss-reactive ketones (excluding diaryl/α,β-unsaturated/α-hetero) is 1. The second-order valence-corrected chi connectivity index (χ2v) is 2.12. The van der Waals surface area contributed by atoms with Gasteiger partial charge in [0.05, 0.1) is 0 Å². The summed E-state index contributed by atoms with van der Waals surface area (Å²) in [6.07, 6.45) is 5.51. The summed E-state index contributed by atoms with van der Waals surface area (Å²) in [5.74, 6) is 0.122. The van der Waals surface area contributed by atoms with Crippen molar-refractivity contribution in [1.82, 2.24) is 0 Å². The first-order valence-electron chi connectivity index (χ1n) is 4.08. The molecule has 0 radical (unpaired) electrons. The van der Waals surface area contributed by atoms with E-state index >= 15 is 0 Å². The van der Waals surface area contributed by atoms with Gasteiger partial charge in [-0.05, 0) is 12.8 Å². The Morgan fingerprint density at radius 3 is 2.55 bits per heavy atom. The van der Waals surface area contributed by atoms with E-state index in [4.69, 9.17) is 5.41 Å². The minimum atomic E-state index is 0.122. The Hall–Kier alpha value is -0.920. The number of carbonyl (C=O) groups is 1. The molecule has 0 unspecified atom stereocenters. The van der Waals surface area contributed by atoms with E-state index in [1.165, 1.54) is 0 Å². The second kappa shape index (κ2) is 5.83. The first-order valence-corrected chi connectivity index (χ1v) is 4.08. The molecule has 0 saturated carbocycles. The van der Waals surface area contributed by atoms with Gasteiger partial charge in [-0.15, -0.1) is 0 Å². The molecular formula is C9H15NO. The number of rotatable bonds is 1. The molecule has 0 atom stereocenters. The molecule has 1 N–H and O–H groups in total. The van der Waals surface area contributed by atoms with Crippen molar-refractivity contribution in [3.8, 4) is 0 Å². The SMILES string of the molecule is CC.N=CC1=CCCCC1=O. The molecule has 1 rings (SSSR count). The lowest BCUT2D eigenvalue weighted by atomic mass is 9.99. The van der Waals surface area contributed by atoms with Crippen molar-refractivity contribution in [2.24, 2.45) is 0 Å². The summed E-state index contributed by atoms with van der Waals surface area (Å²) in [7, 11) is 0. The highest BCUT2D eigenvalue weighted by atomic mass is 16.1. The molecule has 0 heterocycles. The van der Waals surface area contributed by atoms with Gasteiger partial charge >= 0.3 is 0 Å². The zero-order valence-electron chi connectivity index (χ0n) is 7.18. The van der Waals surface area contributed by atoms with E-state index in [0.717, 1.165) is 19.1 Å². The smallest absolute Gasteiger partial charge is 0.164 e. The minimum Gasteiger partial charge on any atom is -0.308 e. The molecule has 0 spiro atoms. The van der Waals surface area contributed by atoms with Crippen LogP contribution in [0.3, 0.4) is 0 Å². The van der Waals surface area contributed by atoms with Crippen molar-refractivity contribution in [3.63, 3.8) is 0 Å². The molecule has 0 saturated heterocycles. The third kappa shape index (κ3) is 3.12. The predicted octanol–water partition coefficient (Wildman–Crippen LogP) is 2.34. The number of hydrogen-bond acceptors (Lipinski definition) is 2. The zero-order valence-corrected chi connectivity index (χ0v) is 7.18. The van der Waals surface area contributed by atoms with E-state index in [1.807, 2.05) is 19.9 Å². The standard InChI is InChI=1S/C7H9NO.C2H6/c8-5-6-3-1-2-4-7(6)9;1-2/h3,5,8H,1-2,4H2;1-2H3. The number of ketones is 1. The summed E-state index contributed by atoms with van der Waals surface area (Å²) >= 11 is 0. The van der Waals surface area contributed by atoms with Gasteiger partial charge in [0.25, 0.3) is 0 Å². The lowest BCUT2D eigenvalue weighted by Gasteiger charge is -2.04. The molecule has 0 amide bonds. The molecule has 2 heteroatoms. The fraction of sp³-hybridized carbons (Fsp3) is 0.556. The van der Waals surface area contributed by atoms with Crippen LogP contribution in [0.1, 0.15) is 33.1 Å². The highest BCUT2D eigenvalue weighted by molar-refractivity contribution is 6.12. The fourth-order valence-corrected chi connectivity index (χ4v) is 0.918. The maximum absolute atomic E-state index is 10.8. The molecule has 0 aromatic rings. The molecule has 1 aliphatic carbocycles. The highest BCUT2D eigenvalue weighted by Gasteiger charge is 2.09. The number of hydrogen-bond donors (Lipinski definition) is 1. The summed E-state index contributed by atoms with van der Waals surface area (Å²) in [6, 6.07) is 0. The van der Waals surface area contributed by atoms with E-state index < -0.39 is 0 Å². The van der Waals surface area contributed by atoms with Gasteiger partial charge in [0.2, 0.25) is 0 Å². The van der Waals surface area contributed by atoms with Gasteiger partial charge in [-0.25, -0.2) is 0 Å². The topological polar surface area (TPSA) is 40.9 Å². The predicted molar refractivity (Wildman–Crippen MR) is 47.1 cm³/mol. The van der Waals surface area contributed by atoms with Crippen LogP contribution in [0.2, 0.25) is 0 Å². The van der Waals surface area contributed by atoms with Crippen molar-refractivity contribution in [2.75, 3.05) is 0 Å². The molecule has 62 valence electrons. The van der Waals surface area contributed by atoms with E-state index in [2.05, 4.69) is 0 Å². The second-order valence-electron chi connectivity index (χ2n) is 2.12. The first-order chi connectivity index (χ1) is 5.34. The molecule has 0 aromatic heterocycles. The van der Waals surface area contributed by atoms with E-state index in [0.29, 0.717) is 12.0 Å². The van der Waals surface area contributed by atoms with Gasteiger partial charge in [-0.1, -0.05) is 19.9 Å². The van der Waals surface area contributed by atoms with Crippen molar-refractivity contribution in [3.05, 3.63) is 11.6 Å². The van der Waals surface area contributed by atoms with E-state index in [1.54, 1.807) is 0 Å². The first kappa shape index (κ1) is 10.1. The van der Waals surface area contributed by atoms with Crippen LogP contribution in [-0.4, -0.2) is 12.0 Å². The Morgan fingerprint density at radius 1 is 1.55 bits per heavy atom. The third-order valence-corrected chi connectivity index (χ3v) is 1.45. The van der Waals surface area contributed by atoms with Gasteiger partial charge in [0, 0.05) is 18.2 Å². The minimum absolute atomic E-state index is 0.122. The van der Waals surface area contributed by atoms with Crippen LogP contribution in [0.15, 0.2) is 11.6 Å².